The number of rotatable bonds is 8. The topological polar surface area (TPSA) is 32.3 Å². The van der Waals surface area contributed by atoms with Crippen molar-refractivity contribution in [3.8, 4) is 0 Å². The van der Waals surface area contributed by atoms with Crippen LogP contribution in [0.15, 0.2) is 0 Å². The van der Waals surface area contributed by atoms with Gasteiger partial charge in [0.2, 0.25) is 5.91 Å². The number of amides is 1. The first-order valence-corrected chi connectivity index (χ1v) is 6.50. The smallest absolute Gasteiger partial charge is 0.222 e. The highest BCUT2D eigenvalue weighted by Gasteiger charge is 2.40. The van der Waals surface area contributed by atoms with Gasteiger partial charge in [-0.05, 0) is 37.6 Å². The molecule has 1 aliphatic rings. The lowest BCUT2D eigenvalue weighted by Gasteiger charge is -2.15. The Labute approximate surface area is 99.6 Å². The third-order valence-electron chi connectivity index (χ3n) is 3.48. The van der Waals surface area contributed by atoms with Crippen LogP contribution < -0.4 is 5.32 Å². The van der Waals surface area contributed by atoms with E-state index in [9.17, 15) is 4.79 Å². The number of hydrogen-bond acceptors (Lipinski definition) is 2. The van der Waals surface area contributed by atoms with Crippen molar-refractivity contribution in [2.75, 3.05) is 27.2 Å². The van der Waals surface area contributed by atoms with Crippen molar-refractivity contribution in [1.82, 2.24) is 10.2 Å². The molecule has 0 unspecified atom stereocenters. The van der Waals surface area contributed by atoms with Crippen LogP contribution in [0, 0.1) is 5.41 Å². The first-order chi connectivity index (χ1) is 7.59. The molecule has 1 saturated carbocycles. The van der Waals surface area contributed by atoms with Crippen LogP contribution in [-0.4, -0.2) is 38.0 Å². The average molecular weight is 226 g/mol. The zero-order valence-electron chi connectivity index (χ0n) is 11.0. The molecule has 0 heterocycles. The molecule has 0 spiro atoms. The summed E-state index contributed by atoms with van der Waals surface area (Å²) in [5, 5.41) is 3.50. The molecule has 0 atom stereocenters. The standard InChI is InChI=1S/C13H26N2O/c1-4-7-13(8-9-13)11-14-10-5-6-12(16)15(2)3/h14H,4-11H2,1-3H3. The van der Waals surface area contributed by atoms with Gasteiger partial charge in [-0.25, -0.2) is 0 Å². The lowest BCUT2D eigenvalue weighted by atomic mass is 10.0. The fourth-order valence-corrected chi connectivity index (χ4v) is 2.16. The quantitative estimate of drug-likeness (QED) is 0.642. The molecule has 1 rings (SSSR count). The molecule has 1 fully saturated rings. The predicted octanol–water partition coefficient (Wildman–Crippen LogP) is 2.02. The van der Waals surface area contributed by atoms with Crippen molar-refractivity contribution < 1.29 is 4.79 Å². The Morgan fingerprint density at radius 2 is 2.06 bits per heavy atom. The first kappa shape index (κ1) is 13.5. The van der Waals surface area contributed by atoms with Gasteiger partial charge in [0.05, 0.1) is 0 Å². The minimum absolute atomic E-state index is 0.233. The third kappa shape index (κ3) is 4.52. The van der Waals surface area contributed by atoms with Gasteiger partial charge in [0.15, 0.2) is 0 Å². The molecule has 94 valence electrons. The van der Waals surface area contributed by atoms with Gasteiger partial charge in [0.1, 0.15) is 0 Å². The molecular formula is C13H26N2O. The Kier molecular flexibility index (Phi) is 5.26. The highest BCUT2D eigenvalue weighted by molar-refractivity contribution is 5.75. The number of hydrogen-bond donors (Lipinski definition) is 1. The summed E-state index contributed by atoms with van der Waals surface area (Å²) < 4.78 is 0. The highest BCUT2D eigenvalue weighted by Crippen LogP contribution is 2.48. The van der Waals surface area contributed by atoms with Gasteiger partial charge in [-0.2, -0.15) is 0 Å². The second-order valence-electron chi connectivity index (χ2n) is 5.32. The van der Waals surface area contributed by atoms with Crippen molar-refractivity contribution >= 4 is 5.91 Å². The molecule has 0 aromatic heterocycles. The molecule has 3 heteroatoms. The summed E-state index contributed by atoms with van der Waals surface area (Å²) in [6.45, 7) is 4.39. The van der Waals surface area contributed by atoms with E-state index in [1.165, 1.54) is 25.7 Å². The molecule has 0 aromatic rings. The summed E-state index contributed by atoms with van der Waals surface area (Å²) in [6, 6.07) is 0. The Bertz CT molecular complexity index is 222. The summed E-state index contributed by atoms with van der Waals surface area (Å²) in [5.74, 6) is 0.233. The van der Waals surface area contributed by atoms with Crippen molar-refractivity contribution in [3.63, 3.8) is 0 Å². The maximum atomic E-state index is 11.3. The minimum atomic E-state index is 0.233. The normalized spacial score (nSPS) is 17.2. The van der Waals surface area contributed by atoms with Gasteiger partial charge in [0.25, 0.3) is 0 Å². The van der Waals surface area contributed by atoms with Crippen LogP contribution in [0.5, 0.6) is 0 Å². The Morgan fingerprint density at radius 3 is 2.56 bits per heavy atom. The van der Waals surface area contributed by atoms with E-state index in [2.05, 4.69) is 12.2 Å². The lowest BCUT2D eigenvalue weighted by molar-refractivity contribution is -0.128. The Hall–Kier alpha value is -0.570. The van der Waals surface area contributed by atoms with Crippen LogP contribution in [0.3, 0.4) is 0 Å². The van der Waals surface area contributed by atoms with Gasteiger partial charge >= 0.3 is 0 Å². The molecular weight excluding hydrogens is 200 g/mol. The zero-order valence-corrected chi connectivity index (χ0v) is 11.0. The van der Waals surface area contributed by atoms with Crippen molar-refractivity contribution in [2.24, 2.45) is 5.41 Å². The minimum Gasteiger partial charge on any atom is -0.349 e. The van der Waals surface area contributed by atoms with E-state index >= 15 is 0 Å². The van der Waals surface area contributed by atoms with Crippen LogP contribution in [-0.2, 0) is 4.79 Å². The predicted molar refractivity (Wildman–Crippen MR) is 67.4 cm³/mol. The van der Waals surface area contributed by atoms with E-state index in [4.69, 9.17) is 0 Å². The lowest BCUT2D eigenvalue weighted by Crippen LogP contribution is -2.27. The highest BCUT2D eigenvalue weighted by atomic mass is 16.2. The number of carbonyl (C=O) groups is 1. The van der Waals surface area contributed by atoms with Gasteiger partial charge in [0, 0.05) is 27.1 Å². The van der Waals surface area contributed by atoms with E-state index in [1.807, 2.05) is 14.1 Å². The van der Waals surface area contributed by atoms with E-state index in [0.29, 0.717) is 11.8 Å². The maximum absolute atomic E-state index is 11.3. The average Bonchev–Trinajstić information content (AvgIpc) is 2.98. The molecule has 0 aromatic carbocycles. The Balaban J connectivity index is 1.98. The SMILES string of the molecule is CCCC1(CNCCCC(=O)N(C)C)CC1. The number of carbonyl (C=O) groups excluding carboxylic acids is 1. The van der Waals surface area contributed by atoms with E-state index in [-0.39, 0.29) is 5.91 Å². The van der Waals surface area contributed by atoms with Crippen LogP contribution in [0.1, 0.15) is 45.4 Å². The van der Waals surface area contributed by atoms with Crippen molar-refractivity contribution in [1.29, 1.82) is 0 Å². The van der Waals surface area contributed by atoms with E-state index < -0.39 is 0 Å². The van der Waals surface area contributed by atoms with Crippen molar-refractivity contribution in [2.45, 2.75) is 45.4 Å². The van der Waals surface area contributed by atoms with E-state index in [1.54, 1.807) is 4.90 Å². The summed E-state index contributed by atoms with van der Waals surface area (Å²) in [5.41, 5.74) is 0.625. The van der Waals surface area contributed by atoms with Gasteiger partial charge < -0.3 is 10.2 Å². The largest absolute Gasteiger partial charge is 0.349 e. The molecule has 0 saturated heterocycles. The molecule has 0 bridgehead atoms. The molecule has 1 aliphatic carbocycles. The summed E-state index contributed by atoms with van der Waals surface area (Å²) >= 11 is 0. The molecule has 3 nitrogen and oxygen atoms in total. The van der Waals surface area contributed by atoms with Gasteiger partial charge in [-0.1, -0.05) is 13.3 Å². The summed E-state index contributed by atoms with van der Waals surface area (Å²) in [6.07, 6.45) is 7.06. The maximum Gasteiger partial charge on any atom is 0.222 e. The van der Waals surface area contributed by atoms with Gasteiger partial charge in [-0.15, -0.1) is 0 Å². The van der Waals surface area contributed by atoms with Crippen LogP contribution in [0.2, 0.25) is 0 Å². The second-order valence-corrected chi connectivity index (χ2v) is 5.32. The molecule has 0 aliphatic heterocycles. The first-order valence-electron chi connectivity index (χ1n) is 6.50. The monoisotopic (exact) mass is 226 g/mol. The molecule has 16 heavy (non-hydrogen) atoms. The van der Waals surface area contributed by atoms with Crippen LogP contribution in [0.4, 0.5) is 0 Å². The van der Waals surface area contributed by atoms with Gasteiger partial charge in [-0.3, -0.25) is 4.79 Å². The van der Waals surface area contributed by atoms with E-state index in [0.717, 1.165) is 19.5 Å². The number of nitrogens with zero attached hydrogens (tertiary/aromatic N) is 1. The number of nitrogens with one attached hydrogen (secondary N) is 1. The molecule has 1 amide bonds. The molecule has 1 N–H and O–H groups in total. The second kappa shape index (κ2) is 6.24. The molecule has 0 radical (unpaired) electrons. The summed E-state index contributed by atoms with van der Waals surface area (Å²) in [4.78, 5) is 13.0. The van der Waals surface area contributed by atoms with Crippen molar-refractivity contribution in [3.05, 3.63) is 0 Å². The summed E-state index contributed by atoms with van der Waals surface area (Å²) in [7, 11) is 3.63. The fourth-order valence-electron chi connectivity index (χ4n) is 2.16. The van der Waals surface area contributed by atoms with Crippen LogP contribution in [0.25, 0.3) is 0 Å². The zero-order chi connectivity index (χ0) is 12.0. The Morgan fingerprint density at radius 1 is 1.38 bits per heavy atom. The fraction of sp³-hybridized carbons (Fsp3) is 0.923. The third-order valence-corrected chi connectivity index (χ3v) is 3.48. The van der Waals surface area contributed by atoms with Crippen LogP contribution >= 0.6 is 0 Å².